The zero-order valence-corrected chi connectivity index (χ0v) is 21.3. The summed E-state index contributed by atoms with van der Waals surface area (Å²) in [6.07, 6.45) is 4.21. The van der Waals surface area contributed by atoms with Gasteiger partial charge < -0.3 is 25.6 Å². The summed E-state index contributed by atoms with van der Waals surface area (Å²) in [6.45, 7) is 0. The Morgan fingerprint density at radius 2 is 1.75 bits per heavy atom. The number of nitrogens with two attached hydrogens (primary N) is 1. The number of benzene rings is 3. The molecule has 0 spiro atoms. The van der Waals surface area contributed by atoms with Crippen LogP contribution >= 0.6 is 0 Å². The number of carbonyl (C=O) groups excluding carboxylic acids is 2. The molecular weight excluding hydrogens is 516 g/mol. The highest BCUT2D eigenvalue weighted by molar-refractivity contribution is 6.12. The lowest BCUT2D eigenvalue weighted by molar-refractivity contribution is 0.0997. The number of phenols is 1. The summed E-state index contributed by atoms with van der Waals surface area (Å²) in [5, 5.41) is 27.6. The first-order chi connectivity index (χ1) is 19.4. The number of amides is 2. The highest BCUT2D eigenvalue weighted by Gasteiger charge is 2.22. The minimum absolute atomic E-state index is 0.0119. The first kappa shape index (κ1) is 25.8. The lowest BCUT2D eigenvalue weighted by Gasteiger charge is -2.14. The van der Waals surface area contributed by atoms with Crippen LogP contribution in [0.15, 0.2) is 83.4 Å². The Hall–Kier alpha value is -5.85. The fourth-order valence-corrected chi connectivity index (χ4v) is 3.94. The molecule has 2 heterocycles. The second-order valence-electron chi connectivity index (χ2n) is 8.27. The van der Waals surface area contributed by atoms with E-state index in [1.807, 2.05) is 0 Å². The normalized spacial score (nSPS) is 11.1. The number of methoxy groups -OCH3 is 2. The Morgan fingerprint density at radius 3 is 2.48 bits per heavy atom. The molecule has 0 radical (unpaired) electrons. The summed E-state index contributed by atoms with van der Waals surface area (Å²) in [4.78, 5) is 33.7. The monoisotopic (exact) mass is 538 g/mol. The highest BCUT2D eigenvalue weighted by Crippen LogP contribution is 2.40. The largest absolute Gasteiger partial charge is 0.505 e. The van der Waals surface area contributed by atoms with Crippen molar-refractivity contribution in [2.24, 2.45) is 16.0 Å². The quantitative estimate of drug-likeness (QED) is 0.245. The molecule has 5 rings (SSSR count). The van der Waals surface area contributed by atoms with Crippen LogP contribution in [0.25, 0.3) is 16.7 Å². The summed E-state index contributed by atoms with van der Waals surface area (Å²) in [5.74, 6) is -0.880. The first-order valence-corrected chi connectivity index (χ1v) is 11.8. The SMILES string of the molecule is COc1ccc(NC(=O)c2cc3ccccc3c(/N=N/c3c(C(N)=O)cnn3-c3ncccn3)c2O)c(OC)c1. The minimum Gasteiger partial charge on any atom is -0.505 e. The Labute approximate surface area is 226 Å². The van der Waals surface area contributed by atoms with E-state index in [9.17, 15) is 14.7 Å². The molecule has 13 nitrogen and oxygen atoms in total. The molecule has 0 fully saturated rings. The third-order valence-electron chi connectivity index (χ3n) is 5.89. The third-order valence-corrected chi connectivity index (χ3v) is 5.89. The smallest absolute Gasteiger partial charge is 0.259 e. The zero-order valence-electron chi connectivity index (χ0n) is 21.3. The number of nitrogens with one attached hydrogen (secondary N) is 1. The number of rotatable bonds is 8. The van der Waals surface area contributed by atoms with Gasteiger partial charge in [0.25, 0.3) is 17.8 Å². The van der Waals surface area contributed by atoms with Gasteiger partial charge in [-0.25, -0.2) is 9.97 Å². The fraction of sp³-hybridized carbons (Fsp3) is 0.0741. The molecule has 0 saturated heterocycles. The lowest BCUT2D eigenvalue weighted by Crippen LogP contribution is -2.13. The van der Waals surface area contributed by atoms with Gasteiger partial charge in [-0.1, -0.05) is 24.3 Å². The molecule has 40 heavy (non-hydrogen) atoms. The number of anilines is 1. The predicted octanol–water partition coefficient (Wildman–Crippen LogP) is 4.30. The Balaban J connectivity index is 1.60. The van der Waals surface area contributed by atoms with Crippen molar-refractivity contribution in [2.45, 2.75) is 0 Å². The van der Waals surface area contributed by atoms with E-state index in [1.165, 1.54) is 43.6 Å². The molecular formula is C27H22N8O5. The van der Waals surface area contributed by atoms with Crippen molar-refractivity contribution in [1.29, 1.82) is 0 Å². The number of hydrogen-bond acceptors (Lipinski definition) is 10. The van der Waals surface area contributed by atoms with E-state index in [4.69, 9.17) is 15.2 Å². The number of hydrogen-bond donors (Lipinski definition) is 3. The van der Waals surface area contributed by atoms with E-state index in [0.717, 1.165) is 0 Å². The van der Waals surface area contributed by atoms with Gasteiger partial charge >= 0.3 is 0 Å². The number of aromatic hydroxyl groups is 1. The van der Waals surface area contributed by atoms with E-state index in [1.54, 1.807) is 48.5 Å². The fourth-order valence-electron chi connectivity index (χ4n) is 3.94. The van der Waals surface area contributed by atoms with E-state index in [0.29, 0.717) is 28.0 Å². The number of primary amides is 1. The third kappa shape index (κ3) is 4.86. The van der Waals surface area contributed by atoms with Gasteiger partial charge in [0.1, 0.15) is 22.7 Å². The maximum Gasteiger partial charge on any atom is 0.259 e. The van der Waals surface area contributed by atoms with Crippen LogP contribution in [-0.2, 0) is 0 Å². The van der Waals surface area contributed by atoms with Crippen LogP contribution in [0.3, 0.4) is 0 Å². The Bertz CT molecular complexity index is 1770. The number of carbonyl (C=O) groups is 2. The number of ether oxygens (including phenoxy) is 2. The molecule has 0 aliphatic carbocycles. The number of nitrogens with zero attached hydrogens (tertiary/aromatic N) is 6. The minimum atomic E-state index is -0.799. The molecule has 5 aromatic rings. The van der Waals surface area contributed by atoms with Crippen molar-refractivity contribution >= 4 is 39.8 Å². The second-order valence-corrected chi connectivity index (χ2v) is 8.27. The summed E-state index contributed by atoms with van der Waals surface area (Å²) < 4.78 is 11.8. The van der Waals surface area contributed by atoms with E-state index in [-0.39, 0.29) is 28.6 Å². The number of aromatic nitrogens is 4. The molecule has 0 aliphatic rings. The zero-order chi connectivity index (χ0) is 28.2. The lowest BCUT2D eigenvalue weighted by atomic mass is 10.0. The van der Waals surface area contributed by atoms with Gasteiger partial charge in [0.15, 0.2) is 11.6 Å². The molecule has 2 aromatic heterocycles. The van der Waals surface area contributed by atoms with Crippen molar-refractivity contribution in [2.75, 3.05) is 19.5 Å². The van der Waals surface area contributed by atoms with E-state index >= 15 is 0 Å². The maximum absolute atomic E-state index is 13.3. The van der Waals surface area contributed by atoms with Crippen LogP contribution in [0.5, 0.6) is 17.2 Å². The molecule has 13 heteroatoms. The van der Waals surface area contributed by atoms with Crippen LogP contribution in [0.2, 0.25) is 0 Å². The Morgan fingerprint density at radius 1 is 0.975 bits per heavy atom. The van der Waals surface area contributed by atoms with E-state index < -0.39 is 17.6 Å². The van der Waals surface area contributed by atoms with Gasteiger partial charge in [0, 0.05) is 23.8 Å². The van der Waals surface area contributed by atoms with Crippen LogP contribution < -0.4 is 20.5 Å². The summed E-state index contributed by atoms with van der Waals surface area (Å²) >= 11 is 0. The van der Waals surface area contributed by atoms with Crippen LogP contribution in [0, 0.1) is 0 Å². The molecule has 200 valence electrons. The van der Waals surface area contributed by atoms with Gasteiger partial charge in [-0.3, -0.25) is 9.59 Å². The molecule has 0 aliphatic heterocycles. The van der Waals surface area contributed by atoms with Crippen LogP contribution in [0.1, 0.15) is 20.7 Å². The summed E-state index contributed by atoms with van der Waals surface area (Å²) in [7, 11) is 2.98. The van der Waals surface area contributed by atoms with Gasteiger partial charge in [-0.2, -0.15) is 9.78 Å². The van der Waals surface area contributed by atoms with Crippen molar-refractivity contribution in [3.63, 3.8) is 0 Å². The van der Waals surface area contributed by atoms with Gasteiger partial charge in [-0.15, -0.1) is 10.2 Å². The average Bonchev–Trinajstić information content (AvgIpc) is 3.41. The molecule has 0 atom stereocenters. The number of phenolic OH excluding ortho intramolecular Hbond substituents is 1. The molecule has 0 bridgehead atoms. The summed E-state index contributed by atoms with van der Waals surface area (Å²) in [5.41, 5.74) is 5.76. The highest BCUT2D eigenvalue weighted by atomic mass is 16.5. The Kier molecular flexibility index (Phi) is 7.01. The molecule has 0 saturated carbocycles. The van der Waals surface area contributed by atoms with Crippen molar-refractivity contribution in [3.05, 3.63) is 84.3 Å². The van der Waals surface area contributed by atoms with Gasteiger partial charge in [-0.05, 0) is 29.7 Å². The molecule has 3 aromatic carbocycles. The second kappa shape index (κ2) is 10.9. The summed E-state index contributed by atoms with van der Waals surface area (Å²) in [6, 6.07) is 15.0. The van der Waals surface area contributed by atoms with Crippen molar-refractivity contribution in [1.82, 2.24) is 19.7 Å². The van der Waals surface area contributed by atoms with Gasteiger partial charge in [0.05, 0.1) is 31.7 Å². The van der Waals surface area contributed by atoms with Crippen molar-refractivity contribution in [3.8, 4) is 23.2 Å². The first-order valence-electron chi connectivity index (χ1n) is 11.8. The molecule has 0 unspecified atom stereocenters. The topological polar surface area (TPSA) is 179 Å². The average molecular weight is 539 g/mol. The molecule has 2 amide bonds. The maximum atomic E-state index is 13.3. The van der Waals surface area contributed by atoms with Crippen molar-refractivity contribution < 1.29 is 24.2 Å². The standard InChI is InChI=1S/C27H22N8O5/c1-39-16-8-9-20(21(13-16)40-2)32-26(38)18-12-15-6-3-4-7-17(15)22(23(18)36)33-34-25-19(24(28)37)14-31-35(25)27-29-10-5-11-30-27/h3-14,36H,1-2H3,(H2,28,37)(H,32,38)/b34-33+. The number of fused-ring (bicyclic) bond motifs is 1. The van der Waals surface area contributed by atoms with Gasteiger partial charge in [0.2, 0.25) is 0 Å². The predicted molar refractivity (Wildman–Crippen MR) is 145 cm³/mol. The van der Waals surface area contributed by atoms with Crippen LogP contribution in [-0.4, -0.2) is 50.9 Å². The number of azo groups is 1. The van der Waals surface area contributed by atoms with E-state index in [2.05, 4.69) is 30.6 Å². The molecule has 4 N–H and O–H groups in total. The van der Waals surface area contributed by atoms with Crippen LogP contribution in [0.4, 0.5) is 17.2 Å².